The first-order valence-electron chi connectivity index (χ1n) is 7.20. The summed E-state index contributed by atoms with van der Waals surface area (Å²) in [6.07, 6.45) is 2.40. The van der Waals surface area contributed by atoms with Crippen LogP contribution in [0.1, 0.15) is 32.1 Å². The lowest BCUT2D eigenvalue weighted by atomic mass is 10.2. The van der Waals surface area contributed by atoms with E-state index in [1.807, 2.05) is 10.7 Å². The van der Waals surface area contributed by atoms with Crippen molar-refractivity contribution in [1.29, 1.82) is 0 Å². The Bertz CT molecular complexity index is 567. The summed E-state index contributed by atoms with van der Waals surface area (Å²) in [6.45, 7) is 6.06. The third-order valence-corrected chi connectivity index (χ3v) is 3.27. The topological polar surface area (TPSA) is 60.0 Å². The smallest absolute Gasteiger partial charge is 0.146 e. The highest BCUT2D eigenvalue weighted by Crippen LogP contribution is 2.19. The van der Waals surface area contributed by atoms with Crippen LogP contribution in [0.4, 0.5) is 10.1 Å². The first-order chi connectivity index (χ1) is 10.1. The third kappa shape index (κ3) is 4.01. The normalized spacial score (nSPS) is 11.1. The lowest BCUT2D eigenvalue weighted by Gasteiger charge is -2.25. The molecule has 0 bridgehead atoms. The highest BCUT2D eigenvalue weighted by molar-refractivity contribution is 5.46. The molecule has 0 aliphatic carbocycles. The van der Waals surface area contributed by atoms with E-state index in [9.17, 15) is 4.39 Å². The molecule has 5 nitrogen and oxygen atoms in total. The second kappa shape index (κ2) is 7.17. The Labute approximate surface area is 124 Å². The van der Waals surface area contributed by atoms with Crippen molar-refractivity contribution < 1.29 is 4.39 Å². The molecule has 0 saturated heterocycles. The predicted octanol–water partition coefficient (Wildman–Crippen LogP) is 2.35. The van der Waals surface area contributed by atoms with Gasteiger partial charge >= 0.3 is 0 Å². The lowest BCUT2D eigenvalue weighted by molar-refractivity contribution is 0.500. The molecule has 0 atom stereocenters. The Morgan fingerprint density at radius 3 is 2.86 bits per heavy atom. The maximum absolute atomic E-state index is 13.5. The second-order valence-electron chi connectivity index (χ2n) is 5.26. The SMILES string of the molecule is CC(C)n1ncnc1CN(CCCN)c1cccc(F)c1. The quantitative estimate of drug-likeness (QED) is 0.850. The highest BCUT2D eigenvalue weighted by Gasteiger charge is 2.13. The van der Waals surface area contributed by atoms with E-state index in [4.69, 9.17) is 5.73 Å². The van der Waals surface area contributed by atoms with Gasteiger partial charge in [-0.05, 0) is 45.0 Å². The molecule has 1 heterocycles. The molecular weight excluding hydrogens is 269 g/mol. The number of hydrogen-bond acceptors (Lipinski definition) is 4. The van der Waals surface area contributed by atoms with Gasteiger partial charge in [-0.25, -0.2) is 14.1 Å². The van der Waals surface area contributed by atoms with Gasteiger partial charge in [0.25, 0.3) is 0 Å². The highest BCUT2D eigenvalue weighted by atomic mass is 19.1. The summed E-state index contributed by atoms with van der Waals surface area (Å²) in [5.41, 5.74) is 6.44. The molecule has 0 amide bonds. The molecule has 21 heavy (non-hydrogen) atoms. The van der Waals surface area contributed by atoms with E-state index in [0.29, 0.717) is 13.1 Å². The minimum absolute atomic E-state index is 0.240. The van der Waals surface area contributed by atoms with Crippen LogP contribution < -0.4 is 10.6 Å². The number of nitrogens with zero attached hydrogens (tertiary/aromatic N) is 4. The molecule has 1 aromatic heterocycles. The van der Waals surface area contributed by atoms with Crippen LogP contribution in [0.5, 0.6) is 0 Å². The van der Waals surface area contributed by atoms with Crippen LogP contribution in [-0.4, -0.2) is 27.9 Å². The standard InChI is InChI=1S/C15H22FN5/c1-12(2)21-15(18-11-19-21)10-20(8-4-7-17)14-6-3-5-13(16)9-14/h3,5-6,9,11-12H,4,7-8,10,17H2,1-2H3. The fraction of sp³-hybridized carbons (Fsp3) is 0.467. The van der Waals surface area contributed by atoms with Gasteiger partial charge in [-0.2, -0.15) is 5.10 Å². The Kier molecular flexibility index (Phi) is 5.27. The van der Waals surface area contributed by atoms with Gasteiger partial charge in [-0.3, -0.25) is 0 Å². The number of aromatic nitrogens is 3. The summed E-state index contributed by atoms with van der Waals surface area (Å²) in [5, 5.41) is 4.24. The van der Waals surface area contributed by atoms with E-state index in [1.165, 1.54) is 12.1 Å². The van der Waals surface area contributed by atoms with Gasteiger partial charge in [0.2, 0.25) is 0 Å². The van der Waals surface area contributed by atoms with Crippen molar-refractivity contribution in [2.45, 2.75) is 32.9 Å². The minimum Gasteiger partial charge on any atom is -0.364 e. The number of anilines is 1. The summed E-state index contributed by atoms with van der Waals surface area (Å²) in [7, 11) is 0. The summed E-state index contributed by atoms with van der Waals surface area (Å²) < 4.78 is 15.3. The molecule has 0 fully saturated rings. The zero-order valence-corrected chi connectivity index (χ0v) is 12.5. The zero-order chi connectivity index (χ0) is 15.2. The van der Waals surface area contributed by atoms with E-state index in [2.05, 4.69) is 28.8 Å². The second-order valence-corrected chi connectivity index (χ2v) is 5.26. The van der Waals surface area contributed by atoms with Gasteiger partial charge in [-0.1, -0.05) is 6.07 Å². The predicted molar refractivity (Wildman–Crippen MR) is 81.5 cm³/mol. The van der Waals surface area contributed by atoms with E-state index < -0.39 is 0 Å². The van der Waals surface area contributed by atoms with E-state index in [0.717, 1.165) is 24.5 Å². The van der Waals surface area contributed by atoms with E-state index in [1.54, 1.807) is 12.4 Å². The van der Waals surface area contributed by atoms with Crippen LogP contribution in [0.2, 0.25) is 0 Å². The van der Waals surface area contributed by atoms with Crippen LogP contribution in [0, 0.1) is 5.82 Å². The molecule has 2 aromatic rings. The molecular formula is C15H22FN5. The fourth-order valence-electron chi connectivity index (χ4n) is 2.24. The van der Waals surface area contributed by atoms with Crippen LogP contribution in [-0.2, 0) is 6.54 Å². The average Bonchev–Trinajstić information content (AvgIpc) is 2.91. The Hall–Kier alpha value is -1.95. The maximum Gasteiger partial charge on any atom is 0.146 e. The summed E-state index contributed by atoms with van der Waals surface area (Å²) in [5.74, 6) is 0.627. The van der Waals surface area contributed by atoms with Gasteiger partial charge in [0.05, 0.1) is 6.54 Å². The number of benzene rings is 1. The van der Waals surface area contributed by atoms with Crippen molar-refractivity contribution in [2.24, 2.45) is 5.73 Å². The molecule has 6 heteroatoms. The van der Waals surface area contributed by atoms with Crippen LogP contribution in [0.3, 0.4) is 0 Å². The maximum atomic E-state index is 13.5. The van der Waals surface area contributed by atoms with Gasteiger partial charge in [0, 0.05) is 18.3 Å². The third-order valence-electron chi connectivity index (χ3n) is 3.27. The van der Waals surface area contributed by atoms with Gasteiger partial charge < -0.3 is 10.6 Å². The summed E-state index contributed by atoms with van der Waals surface area (Å²) in [6, 6.07) is 6.84. The Morgan fingerprint density at radius 2 is 2.19 bits per heavy atom. The van der Waals surface area contributed by atoms with Crippen LogP contribution in [0.25, 0.3) is 0 Å². The van der Waals surface area contributed by atoms with Crippen molar-refractivity contribution >= 4 is 5.69 Å². The lowest BCUT2D eigenvalue weighted by Crippen LogP contribution is -2.28. The monoisotopic (exact) mass is 291 g/mol. The Morgan fingerprint density at radius 1 is 1.38 bits per heavy atom. The van der Waals surface area contributed by atoms with Crippen LogP contribution in [0.15, 0.2) is 30.6 Å². The molecule has 2 rings (SSSR count). The average molecular weight is 291 g/mol. The van der Waals surface area contributed by atoms with Gasteiger partial charge in [0.1, 0.15) is 18.0 Å². The van der Waals surface area contributed by atoms with E-state index in [-0.39, 0.29) is 11.9 Å². The molecule has 114 valence electrons. The molecule has 1 aromatic carbocycles. The molecule has 0 aliphatic heterocycles. The first kappa shape index (κ1) is 15.4. The molecule has 0 unspecified atom stereocenters. The zero-order valence-electron chi connectivity index (χ0n) is 12.5. The largest absolute Gasteiger partial charge is 0.364 e. The van der Waals surface area contributed by atoms with Crippen molar-refractivity contribution in [2.75, 3.05) is 18.0 Å². The van der Waals surface area contributed by atoms with Gasteiger partial charge in [0.15, 0.2) is 0 Å². The van der Waals surface area contributed by atoms with Gasteiger partial charge in [-0.15, -0.1) is 0 Å². The number of halogens is 1. The molecule has 0 radical (unpaired) electrons. The summed E-state index contributed by atoms with van der Waals surface area (Å²) in [4.78, 5) is 6.40. The van der Waals surface area contributed by atoms with Crippen molar-refractivity contribution in [3.8, 4) is 0 Å². The van der Waals surface area contributed by atoms with Crippen molar-refractivity contribution in [3.05, 3.63) is 42.2 Å². The molecule has 2 N–H and O–H groups in total. The van der Waals surface area contributed by atoms with E-state index >= 15 is 0 Å². The van der Waals surface area contributed by atoms with Crippen molar-refractivity contribution in [3.63, 3.8) is 0 Å². The van der Waals surface area contributed by atoms with Crippen LogP contribution >= 0.6 is 0 Å². The molecule has 0 spiro atoms. The minimum atomic E-state index is -0.240. The fourth-order valence-corrected chi connectivity index (χ4v) is 2.24. The molecule has 0 saturated carbocycles. The number of hydrogen-bond donors (Lipinski definition) is 1. The number of rotatable bonds is 7. The molecule has 0 aliphatic rings. The van der Waals surface area contributed by atoms with Crippen molar-refractivity contribution in [1.82, 2.24) is 14.8 Å². The first-order valence-corrected chi connectivity index (χ1v) is 7.20. The number of nitrogens with two attached hydrogens (primary N) is 1. The summed E-state index contributed by atoms with van der Waals surface area (Å²) >= 11 is 0. The Balaban J connectivity index is 2.22.